The van der Waals surface area contributed by atoms with Gasteiger partial charge in [0, 0.05) is 16.9 Å². The highest BCUT2D eigenvalue weighted by Gasteiger charge is 2.13. The highest BCUT2D eigenvalue weighted by Crippen LogP contribution is 2.31. The Kier molecular flexibility index (Phi) is 8.55. The van der Waals surface area contributed by atoms with Crippen molar-refractivity contribution in [2.24, 2.45) is 5.10 Å². The van der Waals surface area contributed by atoms with Gasteiger partial charge in [-0.25, -0.2) is 10.2 Å². The van der Waals surface area contributed by atoms with Crippen LogP contribution in [0.5, 0.6) is 5.75 Å². The number of hydrazone groups is 1. The van der Waals surface area contributed by atoms with Gasteiger partial charge in [-0.05, 0) is 94.5 Å². The van der Waals surface area contributed by atoms with Crippen LogP contribution in [0.4, 0.5) is 0 Å². The average molecular weight is 572 g/mol. The van der Waals surface area contributed by atoms with Gasteiger partial charge in [0.2, 0.25) is 0 Å². The van der Waals surface area contributed by atoms with Crippen LogP contribution in [0.1, 0.15) is 27.2 Å². The van der Waals surface area contributed by atoms with Crippen LogP contribution in [0.2, 0.25) is 0 Å². The minimum atomic E-state index is -1.07. The molecule has 0 spiro atoms. The fourth-order valence-electron chi connectivity index (χ4n) is 4.06. The normalized spacial score (nSPS) is 10.9. The maximum atomic E-state index is 12.7. The van der Waals surface area contributed by atoms with E-state index >= 15 is 0 Å². The summed E-state index contributed by atoms with van der Waals surface area (Å²) >= 11 is 3.42. The third-order valence-corrected chi connectivity index (χ3v) is 6.35. The SMILES string of the molecule is C=CCc1cc(/C=N/NC(=O)c2ccc(-n3c(C)ccc3-c3ccccc3)cc2)cc(Br)c1OCC(=O)O. The number of halogens is 1. The molecule has 1 amide bonds. The van der Waals surface area contributed by atoms with Gasteiger partial charge in [0.15, 0.2) is 6.61 Å². The first-order valence-electron chi connectivity index (χ1n) is 11.8. The van der Waals surface area contributed by atoms with Crippen LogP contribution < -0.4 is 10.2 Å². The number of amides is 1. The van der Waals surface area contributed by atoms with Crippen LogP contribution in [0.25, 0.3) is 16.9 Å². The second kappa shape index (κ2) is 12.2. The molecule has 1 heterocycles. The second-order valence-electron chi connectivity index (χ2n) is 8.47. The number of benzene rings is 3. The summed E-state index contributed by atoms with van der Waals surface area (Å²) in [5, 5.41) is 13.0. The number of ether oxygens (including phenoxy) is 1. The Bertz CT molecular complexity index is 1490. The van der Waals surface area contributed by atoms with E-state index in [4.69, 9.17) is 9.84 Å². The first-order chi connectivity index (χ1) is 18.4. The van der Waals surface area contributed by atoms with Gasteiger partial charge in [-0.2, -0.15) is 5.10 Å². The topological polar surface area (TPSA) is 92.9 Å². The smallest absolute Gasteiger partial charge is 0.341 e. The molecule has 0 saturated carbocycles. The van der Waals surface area contributed by atoms with E-state index in [0.717, 1.165) is 28.2 Å². The van der Waals surface area contributed by atoms with Crippen LogP contribution >= 0.6 is 15.9 Å². The number of nitrogens with one attached hydrogen (secondary N) is 1. The number of rotatable bonds is 10. The van der Waals surface area contributed by atoms with Crippen molar-refractivity contribution in [2.45, 2.75) is 13.3 Å². The fourth-order valence-corrected chi connectivity index (χ4v) is 4.69. The number of carbonyl (C=O) groups is 2. The van der Waals surface area contributed by atoms with E-state index < -0.39 is 12.6 Å². The Morgan fingerprint density at radius 1 is 1.08 bits per heavy atom. The molecular weight excluding hydrogens is 546 g/mol. The molecular formula is C30H26BrN3O4. The van der Waals surface area contributed by atoms with E-state index in [1.807, 2.05) is 37.3 Å². The maximum absolute atomic E-state index is 12.7. The monoisotopic (exact) mass is 571 g/mol. The molecule has 8 heteroatoms. The van der Waals surface area contributed by atoms with Crippen molar-refractivity contribution in [1.29, 1.82) is 0 Å². The lowest BCUT2D eigenvalue weighted by Gasteiger charge is -2.13. The summed E-state index contributed by atoms with van der Waals surface area (Å²) < 4.78 is 8.13. The molecule has 192 valence electrons. The molecule has 38 heavy (non-hydrogen) atoms. The summed E-state index contributed by atoms with van der Waals surface area (Å²) in [6, 6.07) is 25.2. The number of hydrogen-bond donors (Lipinski definition) is 2. The van der Waals surface area contributed by atoms with Crippen molar-refractivity contribution < 1.29 is 19.4 Å². The highest BCUT2D eigenvalue weighted by atomic mass is 79.9. The molecule has 0 aliphatic heterocycles. The van der Waals surface area contributed by atoms with E-state index in [-0.39, 0.29) is 5.91 Å². The molecule has 1 aromatic heterocycles. The van der Waals surface area contributed by atoms with Gasteiger partial charge in [0.25, 0.3) is 5.91 Å². The lowest BCUT2D eigenvalue weighted by Crippen LogP contribution is -2.17. The molecule has 0 fully saturated rings. The van der Waals surface area contributed by atoms with E-state index in [1.165, 1.54) is 6.21 Å². The molecule has 4 rings (SSSR count). The molecule has 0 aliphatic rings. The highest BCUT2D eigenvalue weighted by molar-refractivity contribution is 9.10. The molecule has 0 bridgehead atoms. The Labute approximate surface area is 229 Å². The summed E-state index contributed by atoms with van der Waals surface area (Å²) in [5.41, 5.74) is 8.70. The zero-order valence-corrected chi connectivity index (χ0v) is 22.3. The van der Waals surface area contributed by atoms with Gasteiger partial charge in [-0.15, -0.1) is 6.58 Å². The maximum Gasteiger partial charge on any atom is 0.341 e. The first kappa shape index (κ1) is 26.6. The lowest BCUT2D eigenvalue weighted by molar-refractivity contribution is -0.139. The molecule has 0 aliphatic carbocycles. The third kappa shape index (κ3) is 6.27. The molecule has 4 aromatic rings. The minimum Gasteiger partial charge on any atom is -0.480 e. The number of aliphatic carboxylic acids is 1. The number of aromatic nitrogens is 1. The summed E-state index contributed by atoms with van der Waals surface area (Å²) in [4.78, 5) is 23.6. The summed E-state index contributed by atoms with van der Waals surface area (Å²) in [6.45, 7) is 5.33. The number of carboxylic acids is 1. The third-order valence-electron chi connectivity index (χ3n) is 5.76. The molecule has 7 nitrogen and oxygen atoms in total. The Hall–Kier alpha value is -4.43. The quantitative estimate of drug-likeness (QED) is 0.135. The molecule has 3 aromatic carbocycles. The number of allylic oxidation sites excluding steroid dienone is 1. The molecule has 0 radical (unpaired) electrons. The molecule has 2 N–H and O–H groups in total. The average Bonchev–Trinajstić information content (AvgIpc) is 3.30. The Morgan fingerprint density at radius 2 is 1.82 bits per heavy atom. The van der Waals surface area contributed by atoms with E-state index in [9.17, 15) is 9.59 Å². The summed E-state index contributed by atoms with van der Waals surface area (Å²) in [7, 11) is 0. The van der Waals surface area contributed by atoms with Crippen molar-refractivity contribution in [3.63, 3.8) is 0 Å². The standard InChI is InChI=1S/C30H26BrN3O4/c1-3-7-24-16-21(17-26(31)29(24)38-19-28(35)36)18-32-33-30(37)23-11-13-25(14-12-23)34-20(2)10-15-27(34)22-8-5-4-6-9-22/h3-6,8-18H,1,7,19H2,2H3,(H,33,37)(H,35,36)/b32-18+. The van der Waals surface area contributed by atoms with Crippen LogP contribution in [-0.4, -0.2) is 34.4 Å². The zero-order valence-electron chi connectivity index (χ0n) is 20.7. The van der Waals surface area contributed by atoms with E-state index in [0.29, 0.717) is 27.8 Å². The van der Waals surface area contributed by atoms with Crippen molar-refractivity contribution >= 4 is 34.0 Å². The van der Waals surface area contributed by atoms with Gasteiger partial charge in [0.05, 0.1) is 16.4 Å². The van der Waals surface area contributed by atoms with Gasteiger partial charge in [-0.3, -0.25) is 4.79 Å². The van der Waals surface area contributed by atoms with Crippen molar-refractivity contribution in [3.05, 3.63) is 118 Å². The second-order valence-corrected chi connectivity index (χ2v) is 9.33. The number of carbonyl (C=O) groups excluding carboxylic acids is 1. The molecule has 0 atom stereocenters. The van der Waals surface area contributed by atoms with Crippen LogP contribution in [0, 0.1) is 6.92 Å². The van der Waals surface area contributed by atoms with Crippen molar-refractivity contribution in [1.82, 2.24) is 9.99 Å². The first-order valence-corrected chi connectivity index (χ1v) is 12.6. The number of carboxylic acid groups (broad SMARTS) is 1. The van der Waals surface area contributed by atoms with Gasteiger partial charge >= 0.3 is 5.97 Å². The van der Waals surface area contributed by atoms with Crippen molar-refractivity contribution in [3.8, 4) is 22.7 Å². The van der Waals surface area contributed by atoms with Gasteiger partial charge < -0.3 is 14.4 Å². The van der Waals surface area contributed by atoms with Crippen molar-refractivity contribution in [2.75, 3.05) is 6.61 Å². The fraction of sp³-hybridized carbons (Fsp3) is 0.100. The van der Waals surface area contributed by atoms with E-state index in [2.05, 4.69) is 61.9 Å². The number of nitrogens with zero attached hydrogens (tertiary/aromatic N) is 2. The Morgan fingerprint density at radius 3 is 2.50 bits per heavy atom. The number of hydrogen-bond acceptors (Lipinski definition) is 4. The van der Waals surface area contributed by atoms with Crippen LogP contribution in [0.3, 0.4) is 0 Å². The predicted octanol–water partition coefficient (Wildman–Crippen LogP) is 6.17. The Balaban J connectivity index is 1.47. The van der Waals surface area contributed by atoms with Crippen LogP contribution in [-0.2, 0) is 11.2 Å². The van der Waals surface area contributed by atoms with Crippen LogP contribution in [0.15, 0.2) is 101 Å². The zero-order chi connectivity index (χ0) is 27.1. The lowest BCUT2D eigenvalue weighted by atomic mass is 10.1. The summed E-state index contributed by atoms with van der Waals surface area (Å²) in [6.07, 6.45) is 3.68. The predicted molar refractivity (Wildman–Crippen MR) is 152 cm³/mol. The largest absolute Gasteiger partial charge is 0.480 e. The molecule has 0 saturated heterocycles. The van der Waals surface area contributed by atoms with Gasteiger partial charge in [-0.1, -0.05) is 36.4 Å². The van der Waals surface area contributed by atoms with Gasteiger partial charge in [0.1, 0.15) is 5.75 Å². The molecule has 0 unspecified atom stereocenters. The summed E-state index contributed by atoms with van der Waals surface area (Å²) in [5.74, 6) is -0.975. The minimum absolute atomic E-state index is 0.341. The number of aryl methyl sites for hydroxylation is 1. The van der Waals surface area contributed by atoms with E-state index in [1.54, 1.807) is 30.3 Å².